The van der Waals surface area contributed by atoms with Crippen molar-refractivity contribution in [2.75, 3.05) is 39.3 Å². The molecule has 0 aliphatic heterocycles. The lowest BCUT2D eigenvalue weighted by atomic mass is 9.98. The van der Waals surface area contributed by atoms with Crippen molar-refractivity contribution in [1.82, 2.24) is 0 Å². The summed E-state index contributed by atoms with van der Waals surface area (Å²) in [4.78, 5) is 0. The normalized spacial score (nSPS) is 12.2. The Morgan fingerprint density at radius 2 is 0.559 bits per heavy atom. The Hall–Kier alpha value is -2.42. The SMILES string of the molecule is CC[N+](CC)(CC)Cc1ccc(-c2ccc(-c3ccc(C[N+](CC)(CC)CC)cc3)cc2)cc1. The second-order valence-corrected chi connectivity index (χ2v) is 9.87. The van der Waals surface area contributed by atoms with Gasteiger partial charge in [-0.05, 0) is 63.8 Å². The second-order valence-electron chi connectivity index (χ2n) is 9.87. The summed E-state index contributed by atoms with van der Waals surface area (Å²) in [6.45, 7) is 23.2. The van der Waals surface area contributed by atoms with Gasteiger partial charge >= 0.3 is 0 Å². The Labute approximate surface area is 209 Å². The molecule has 3 aromatic rings. The summed E-state index contributed by atoms with van der Waals surface area (Å²) in [5, 5.41) is 0. The van der Waals surface area contributed by atoms with Crippen LogP contribution in [0, 0.1) is 0 Å². The van der Waals surface area contributed by atoms with Gasteiger partial charge in [-0.15, -0.1) is 0 Å². The zero-order valence-electron chi connectivity index (χ0n) is 22.5. The van der Waals surface area contributed by atoms with Crippen LogP contribution in [0.1, 0.15) is 52.7 Å². The van der Waals surface area contributed by atoms with Gasteiger partial charge in [0.15, 0.2) is 0 Å². The first kappa shape index (κ1) is 26.2. The summed E-state index contributed by atoms with van der Waals surface area (Å²) in [7, 11) is 0. The molecule has 0 fully saturated rings. The number of quaternary nitrogens is 2. The van der Waals surface area contributed by atoms with Gasteiger partial charge in [0.25, 0.3) is 0 Å². The van der Waals surface area contributed by atoms with Gasteiger partial charge in [0.2, 0.25) is 0 Å². The highest BCUT2D eigenvalue weighted by atomic mass is 15.3. The molecule has 0 aromatic heterocycles. The van der Waals surface area contributed by atoms with Gasteiger partial charge in [-0.3, -0.25) is 0 Å². The predicted molar refractivity (Wildman–Crippen MR) is 148 cm³/mol. The number of hydrogen-bond donors (Lipinski definition) is 0. The lowest BCUT2D eigenvalue weighted by molar-refractivity contribution is -0.936. The van der Waals surface area contributed by atoms with E-state index in [4.69, 9.17) is 0 Å². The second kappa shape index (κ2) is 11.8. The molecule has 3 aromatic carbocycles. The molecule has 0 bridgehead atoms. The summed E-state index contributed by atoms with van der Waals surface area (Å²) in [5.41, 5.74) is 8.02. The number of rotatable bonds is 12. The van der Waals surface area contributed by atoms with E-state index < -0.39 is 0 Å². The van der Waals surface area contributed by atoms with Gasteiger partial charge in [0.05, 0.1) is 39.3 Å². The molecule has 0 amide bonds. The Kier molecular flexibility index (Phi) is 9.10. The highest BCUT2D eigenvalue weighted by Crippen LogP contribution is 2.27. The lowest BCUT2D eigenvalue weighted by Crippen LogP contribution is -2.46. The first-order valence-corrected chi connectivity index (χ1v) is 13.4. The first-order valence-electron chi connectivity index (χ1n) is 13.4. The van der Waals surface area contributed by atoms with Gasteiger partial charge in [0.1, 0.15) is 13.1 Å². The highest BCUT2D eigenvalue weighted by molar-refractivity contribution is 5.70. The summed E-state index contributed by atoms with van der Waals surface area (Å²) >= 11 is 0. The summed E-state index contributed by atoms with van der Waals surface area (Å²) in [5.74, 6) is 0. The van der Waals surface area contributed by atoms with Crippen LogP contribution in [0.2, 0.25) is 0 Å². The van der Waals surface area contributed by atoms with Crippen molar-refractivity contribution in [3.8, 4) is 22.3 Å². The maximum atomic E-state index is 2.32. The fourth-order valence-electron chi connectivity index (χ4n) is 5.25. The van der Waals surface area contributed by atoms with Gasteiger partial charge in [0, 0.05) is 11.1 Å². The molecule has 34 heavy (non-hydrogen) atoms. The average molecular weight is 459 g/mol. The molecule has 0 heterocycles. The number of nitrogens with zero attached hydrogens (tertiary/aromatic N) is 2. The van der Waals surface area contributed by atoms with Crippen LogP contribution < -0.4 is 0 Å². The third-order valence-corrected chi connectivity index (χ3v) is 8.52. The van der Waals surface area contributed by atoms with Gasteiger partial charge in [-0.2, -0.15) is 0 Å². The van der Waals surface area contributed by atoms with Crippen molar-refractivity contribution in [3.05, 3.63) is 83.9 Å². The lowest BCUT2D eigenvalue weighted by Gasteiger charge is -2.36. The van der Waals surface area contributed by atoms with Gasteiger partial charge in [-0.1, -0.05) is 72.8 Å². The zero-order valence-corrected chi connectivity index (χ0v) is 22.5. The summed E-state index contributed by atoms with van der Waals surface area (Å²) < 4.78 is 2.31. The van der Waals surface area contributed by atoms with Crippen molar-refractivity contribution in [2.45, 2.75) is 54.6 Å². The maximum Gasteiger partial charge on any atom is 0.104 e. The monoisotopic (exact) mass is 458 g/mol. The van der Waals surface area contributed by atoms with Crippen LogP contribution in [0.15, 0.2) is 72.8 Å². The largest absolute Gasteiger partial charge is 0.321 e. The molecule has 0 saturated heterocycles. The van der Waals surface area contributed by atoms with Crippen LogP contribution >= 0.6 is 0 Å². The van der Waals surface area contributed by atoms with Crippen molar-refractivity contribution in [2.24, 2.45) is 0 Å². The molecule has 182 valence electrons. The summed E-state index contributed by atoms with van der Waals surface area (Å²) in [6, 6.07) is 27.5. The predicted octanol–water partition coefficient (Wildman–Crippen LogP) is 7.77. The van der Waals surface area contributed by atoms with E-state index in [1.807, 2.05) is 0 Å². The minimum atomic E-state index is 1.12. The molecule has 2 nitrogen and oxygen atoms in total. The van der Waals surface area contributed by atoms with Crippen molar-refractivity contribution >= 4 is 0 Å². The fourth-order valence-corrected chi connectivity index (χ4v) is 5.25. The van der Waals surface area contributed by atoms with Crippen LogP contribution in [0.3, 0.4) is 0 Å². The molecular weight excluding hydrogens is 412 g/mol. The molecule has 0 N–H and O–H groups in total. The Bertz CT molecular complexity index is 891. The van der Waals surface area contributed by atoms with E-state index in [1.165, 1.54) is 72.6 Å². The molecule has 0 radical (unpaired) electrons. The molecule has 2 heteroatoms. The van der Waals surface area contributed by atoms with Gasteiger partial charge < -0.3 is 8.97 Å². The topological polar surface area (TPSA) is 0 Å². The minimum Gasteiger partial charge on any atom is -0.321 e. The van der Waals surface area contributed by atoms with E-state index in [0.717, 1.165) is 22.1 Å². The van der Waals surface area contributed by atoms with Crippen molar-refractivity contribution < 1.29 is 8.97 Å². The quantitative estimate of drug-likeness (QED) is 0.243. The first-order chi connectivity index (χ1) is 16.5. The number of hydrogen-bond acceptors (Lipinski definition) is 0. The van der Waals surface area contributed by atoms with Crippen LogP contribution in [-0.2, 0) is 13.1 Å². The molecule has 0 saturated carbocycles. The Morgan fingerprint density at radius 1 is 0.353 bits per heavy atom. The maximum absolute atomic E-state index is 2.32. The summed E-state index contributed by atoms with van der Waals surface area (Å²) in [6.07, 6.45) is 0. The van der Waals surface area contributed by atoms with Crippen molar-refractivity contribution in [3.63, 3.8) is 0 Å². The molecule has 3 rings (SSSR count). The fraction of sp³-hybridized carbons (Fsp3) is 0.438. The van der Waals surface area contributed by atoms with E-state index in [2.05, 4.69) is 114 Å². The smallest absolute Gasteiger partial charge is 0.104 e. The van der Waals surface area contributed by atoms with E-state index in [1.54, 1.807) is 0 Å². The molecule has 0 spiro atoms. The molecule has 0 unspecified atom stereocenters. The van der Waals surface area contributed by atoms with E-state index in [9.17, 15) is 0 Å². The van der Waals surface area contributed by atoms with E-state index in [-0.39, 0.29) is 0 Å². The molecule has 0 aliphatic carbocycles. The van der Waals surface area contributed by atoms with E-state index in [0.29, 0.717) is 0 Å². The number of benzene rings is 3. The van der Waals surface area contributed by atoms with Crippen LogP contribution in [0.5, 0.6) is 0 Å². The van der Waals surface area contributed by atoms with Crippen LogP contribution in [-0.4, -0.2) is 48.2 Å². The third kappa shape index (κ3) is 5.98. The van der Waals surface area contributed by atoms with Crippen molar-refractivity contribution in [1.29, 1.82) is 0 Å². The molecular formula is C32H46N2+2. The molecule has 0 atom stereocenters. The van der Waals surface area contributed by atoms with Crippen LogP contribution in [0.4, 0.5) is 0 Å². The molecule has 0 aliphatic rings. The average Bonchev–Trinajstić information content (AvgIpc) is 2.91. The Balaban J connectivity index is 1.70. The Morgan fingerprint density at radius 3 is 0.765 bits per heavy atom. The third-order valence-electron chi connectivity index (χ3n) is 8.52. The highest BCUT2D eigenvalue weighted by Gasteiger charge is 2.22. The van der Waals surface area contributed by atoms with Crippen LogP contribution in [0.25, 0.3) is 22.3 Å². The standard InChI is InChI=1S/C32H46N2/c1-7-33(8-2,9-3)25-27-13-17-29(18-14-27)31-21-23-32(24-22-31)30-19-15-28(16-20-30)26-34(10-4,11-5)12-6/h13-24H,7-12,25-26H2,1-6H3/q+2. The minimum absolute atomic E-state index is 1.12. The van der Waals surface area contributed by atoms with E-state index >= 15 is 0 Å². The van der Waals surface area contributed by atoms with Gasteiger partial charge in [-0.25, -0.2) is 0 Å². The zero-order chi connectivity index (χ0) is 24.6.